The highest BCUT2D eigenvalue weighted by Crippen LogP contribution is 2.36. The van der Waals surface area contributed by atoms with Crippen molar-refractivity contribution in [1.29, 1.82) is 0 Å². The molecule has 21 heavy (non-hydrogen) atoms. The van der Waals surface area contributed by atoms with Gasteiger partial charge < -0.3 is 9.31 Å². The summed E-state index contributed by atoms with van der Waals surface area (Å²) in [6.07, 6.45) is 0. The van der Waals surface area contributed by atoms with Crippen molar-refractivity contribution < 1.29 is 18.9 Å². The summed E-state index contributed by atoms with van der Waals surface area (Å²) in [7, 11) is 2.55. The Balaban J connectivity index is 2.25. The number of carbonyl (C=O) groups excluding carboxylic acids is 1. The summed E-state index contributed by atoms with van der Waals surface area (Å²) in [5, 5.41) is 1.18. The zero-order valence-electron chi connectivity index (χ0n) is 13.5. The maximum Gasteiger partial charge on any atom is 0.494 e. The van der Waals surface area contributed by atoms with Crippen LogP contribution in [-0.2, 0) is 14.1 Å². The molecule has 0 atom stereocenters. The average Bonchev–Trinajstić information content (AvgIpc) is 2.66. The zero-order chi connectivity index (χ0) is 15.8. The fourth-order valence-corrected chi connectivity index (χ4v) is 2.06. The molecule has 0 aliphatic carbocycles. The Bertz CT molecular complexity index is 528. The number of nitrogens with zero attached hydrogens (tertiary/aromatic N) is 1. The largest absolute Gasteiger partial charge is 0.494 e. The third-order valence-electron chi connectivity index (χ3n) is 4.22. The highest BCUT2D eigenvalue weighted by molar-refractivity contribution is 6.62. The SMILES string of the molecule is CON(C)C(=O)c1cccc(B2OC(C)(C)C(C)(C)O2)c1. The minimum absolute atomic E-state index is 0.212. The standard InChI is InChI=1S/C15H22BNO4/c1-14(2)15(3,4)21-16(20-14)12-9-7-8-11(10-12)13(18)17(5)19-6/h7-10H,1-6H3. The van der Waals surface area contributed by atoms with E-state index in [0.717, 1.165) is 5.46 Å². The molecule has 1 aliphatic rings. The summed E-state index contributed by atoms with van der Waals surface area (Å²) < 4.78 is 12.0. The maximum absolute atomic E-state index is 12.1. The Labute approximate surface area is 126 Å². The van der Waals surface area contributed by atoms with Gasteiger partial charge in [0.15, 0.2) is 0 Å². The van der Waals surface area contributed by atoms with Gasteiger partial charge in [0.2, 0.25) is 0 Å². The number of rotatable bonds is 3. The fourth-order valence-electron chi connectivity index (χ4n) is 2.06. The minimum atomic E-state index is -0.476. The van der Waals surface area contributed by atoms with E-state index in [4.69, 9.17) is 14.1 Å². The Hall–Kier alpha value is -1.37. The highest BCUT2D eigenvalue weighted by Gasteiger charge is 2.51. The number of benzene rings is 1. The Morgan fingerprint density at radius 2 is 1.76 bits per heavy atom. The first-order valence-corrected chi connectivity index (χ1v) is 6.96. The van der Waals surface area contributed by atoms with Crippen molar-refractivity contribution in [3.63, 3.8) is 0 Å². The third kappa shape index (κ3) is 2.97. The van der Waals surface area contributed by atoms with Crippen LogP contribution in [0.25, 0.3) is 0 Å². The van der Waals surface area contributed by atoms with Crippen molar-refractivity contribution in [2.45, 2.75) is 38.9 Å². The molecule has 0 unspecified atom stereocenters. The quantitative estimate of drug-likeness (QED) is 0.627. The van der Waals surface area contributed by atoms with E-state index in [1.807, 2.05) is 39.8 Å². The molecule has 1 aromatic rings. The van der Waals surface area contributed by atoms with Crippen LogP contribution in [0.1, 0.15) is 38.1 Å². The summed E-state index contributed by atoms with van der Waals surface area (Å²) in [6, 6.07) is 7.23. The summed E-state index contributed by atoms with van der Waals surface area (Å²) in [5.41, 5.74) is 0.553. The van der Waals surface area contributed by atoms with Gasteiger partial charge >= 0.3 is 7.12 Å². The monoisotopic (exact) mass is 291 g/mol. The van der Waals surface area contributed by atoms with Crippen molar-refractivity contribution in [2.24, 2.45) is 0 Å². The zero-order valence-corrected chi connectivity index (χ0v) is 13.5. The van der Waals surface area contributed by atoms with Crippen LogP contribution >= 0.6 is 0 Å². The van der Waals surface area contributed by atoms with E-state index in [0.29, 0.717) is 5.56 Å². The molecule has 0 saturated carbocycles. The number of amides is 1. The predicted octanol–water partition coefficient (Wildman–Crippen LogP) is 1.62. The van der Waals surface area contributed by atoms with Crippen LogP contribution in [0.2, 0.25) is 0 Å². The Morgan fingerprint density at radius 1 is 1.19 bits per heavy atom. The molecule has 2 rings (SSSR count). The second-order valence-electron chi connectivity index (χ2n) is 6.20. The summed E-state index contributed by atoms with van der Waals surface area (Å²) in [5.74, 6) is -0.212. The summed E-state index contributed by atoms with van der Waals surface area (Å²) in [6.45, 7) is 8.00. The molecule has 0 N–H and O–H groups in total. The lowest BCUT2D eigenvalue weighted by molar-refractivity contribution is -0.0756. The van der Waals surface area contributed by atoms with Gasteiger partial charge in [-0.2, -0.15) is 0 Å². The van der Waals surface area contributed by atoms with Gasteiger partial charge in [-0.25, -0.2) is 5.06 Å². The molecule has 1 amide bonds. The second kappa shape index (κ2) is 5.44. The molecule has 1 heterocycles. The lowest BCUT2D eigenvalue weighted by atomic mass is 9.78. The Kier molecular flexibility index (Phi) is 4.15. The molecule has 6 heteroatoms. The number of hydrogen-bond acceptors (Lipinski definition) is 4. The van der Waals surface area contributed by atoms with Gasteiger partial charge in [0.1, 0.15) is 0 Å². The second-order valence-corrected chi connectivity index (χ2v) is 6.20. The van der Waals surface area contributed by atoms with Crippen molar-refractivity contribution in [3.8, 4) is 0 Å². The Morgan fingerprint density at radius 3 is 2.29 bits per heavy atom. The van der Waals surface area contributed by atoms with Crippen molar-refractivity contribution in [1.82, 2.24) is 5.06 Å². The van der Waals surface area contributed by atoms with E-state index in [2.05, 4.69) is 0 Å². The lowest BCUT2D eigenvalue weighted by Gasteiger charge is -2.32. The highest BCUT2D eigenvalue weighted by atomic mass is 16.7. The molecular formula is C15H22BNO4. The van der Waals surface area contributed by atoms with Crippen molar-refractivity contribution in [3.05, 3.63) is 29.8 Å². The number of hydroxylamine groups is 2. The van der Waals surface area contributed by atoms with Gasteiger partial charge in [0.05, 0.1) is 18.3 Å². The van der Waals surface area contributed by atoms with Gasteiger partial charge in [0, 0.05) is 12.6 Å². The van der Waals surface area contributed by atoms with Gasteiger partial charge in [-0.3, -0.25) is 9.63 Å². The van der Waals surface area contributed by atoms with Crippen molar-refractivity contribution >= 4 is 18.5 Å². The fraction of sp³-hybridized carbons (Fsp3) is 0.533. The molecule has 114 valence electrons. The summed E-state index contributed by atoms with van der Waals surface area (Å²) >= 11 is 0. The van der Waals surface area contributed by atoms with E-state index in [9.17, 15) is 4.79 Å². The molecule has 1 saturated heterocycles. The molecular weight excluding hydrogens is 269 g/mol. The molecule has 0 radical (unpaired) electrons. The van der Waals surface area contributed by atoms with Crippen molar-refractivity contribution in [2.75, 3.05) is 14.2 Å². The van der Waals surface area contributed by atoms with E-state index in [-0.39, 0.29) is 5.91 Å². The molecule has 0 aromatic heterocycles. The predicted molar refractivity (Wildman–Crippen MR) is 81.3 cm³/mol. The van der Waals surface area contributed by atoms with E-state index >= 15 is 0 Å². The van der Waals surface area contributed by atoms with E-state index in [1.54, 1.807) is 19.2 Å². The van der Waals surface area contributed by atoms with Gasteiger partial charge in [-0.15, -0.1) is 0 Å². The van der Waals surface area contributed by atoms with Crippen LogP contribution in [0.3, 0.4) is 0 Å². The summed E-state index contributed by atoms with van der Waals surface area (Å²) in [4.78, 5) is 17.0. The molecule has 1 aromatic carbocycles. The van der Waals surface area contributed by atoms with Gasteiger partial charge in [0.25, 0.3) is 5.91 Å². The molecule has 0 spiro atoms. The smallest absolute Gasteiger partial charge is 0.399 e. The van der Waals surface area contributed by atoms with Crippen LogP contribution in [0, 0.1) is 0 Å². The number of hydrogen-bond donors (Lipinski definition) is 0. The molecule has 1 aliphatic heterocycles. The first-order chi connectivity index (χ1) is 9.68. The van der Waals surface area contributed by atoms with E-state index in [1.165, 1.54) is 12.2 Å². The van der Waals surface area contributed by atoms with Crippen LogP contribution in [0.15, 0.2) is 24.3 Å². The van der Waals surface area contributed by atoms with Crippen LogP contribution in [-0.4, -0.2) is 43.4 Å². The first-order valence-electron chi connectivity index (χ1n) is 6.96. The van der Waals surface area contributed by atoms with Crippen LogP contribution < -0.4 is 5.46 Å². The molecule has 1 fully saturated rings. The normalized spacial score (nSPS) is 19.6. The lowest BCUT2D eigenvalue weighted by Crippen LogP contribution is -2.41. The maximum atomic E-state index is 12.1. The topological polar surface area (TPSA) is 48.0 Å². The van der Waals surface area contributed by atoms with Gasteiger partial charge in [-0.05, 0) is 45.3 Å². The third-order valence-corrected chi connectivity index (χ3v) is 4.22. The number of carbonyl (C=O) groups is 1. The minimum Gasteiger partial charge on any atom is -0.399 e. The van der Waals surface area contributed by atoms with E-state index < -0.39 is 18.3 Å². The average molecular weight is 291 g/mol. The first kappa shape index (κ1) is 16.0. The molecule has 0 bridgehead atoms. The molecule has 5 nitrogen and oxygen atoms in total. The van der Waals surface area contributed by atoms with Gasteiger partial charge in [-0.1, -0.05) is 12.1 Å². The van der Waals surface area contributed by atoms with Crippen LogP contribution in [0.5, 0.6) is 0 Å². The van der Waals surface area contributed by atoms with Crippen LogP contribution in [0.4, 0.5) is 0 Å².